The number of halogens is 3. The highest BCUT2D eigenvalue weighted by molar-refractivity contribution is 5.79. The highest BCUT2D eigenvalue weighted by Gasteiger charge is 2.26. The molecule has 0 aliphatic carbocycles. The molecule has 2 unspecified atom stereocenters. The van der Waals surface area contributed by atoms with Gasteiger partial charge in [0.05, 0.1) is 23.9 Å². The van der Waals surface area contributed by atoms with Crippen LogP contribution in [0.3, 0.4) is 0 Å². The molecule has 28 heavy (non-hydrogen) atoms. The van der Waals surface area contributed by atoms with E-state index in [1.54, 1.807) is 29.6 Å². The number of nitrogens with zero attached hydrogens (tertiary/aromatic N) is 3. The summed E-state index contributed by atoms with van der Waals surface area (Å²) in [6.45, 7) is -1.22. The SMILES string of the molecule is N#CC(C#N)c1ccc(-c2ccc(C(O)C(CF)NC(=O)C(F)F)cc2)cn1. The van der Waals surface area contributed by atoms with Gasteiger partial charge in [-0.25, -0.2) is 4.39 Å². The molecule has 2 atom stereocenters. The number of benzene rings is 1. The van der Waals surface area contributed by atoms with Crippen molar-refractivity contribution in [3.63, 3.8) is 0 Å². The number of carbonyl (C=O) groups excluding carboxylic acids is 1. The van der Waals surface area contributed by atoms with Crippen LogP contribution in [0.25, 0.3) is 11.1 Å². The van der Waals surface area contributed by atoms with E-state index in [4.69, 9.17) is 10.5 Å². The summed E-state index contributed by atoms with van der Waals surface area (Å²) in [6.07, 6.45) is -3.33. The highest BCUT2D eigenvalue weighted by atomic mass is 19.3. The van der Waals surface area contributed by atoms with Gasteiger partial charge in [0.2, 0.25) is 0 Å². The number of carbonyl (C=O) groups is 1. The number of nitriles is 2. The zero-order chi connectivity index (χ0) is 20.7. The van der Waals surface area contributed by atoms with Crippen LogP contribution in [-0.4, -0.2) is 35.1 Å². The summed E-state index contributed by atoms with van der Waals surface area (Å²) in [5.74, 6) is -2.62. The number of rotatable bonds is 7. The van der Waals surface area contributed by atoms with Crippen LogP contribution in [0.1, 0.15) is 23.3 Å². The topological polar surface area (TPSA) is 110 Å². The zero-order valence-corrected chi connectivity index (χ0v) is 14.4. The van der Waals surface area contributed by atoms with E-state index in [1.165, 1.54) is 18.3 Å². The average Bonchev–Trinajstić information content (AvgIpc) is 2.72. The molecular formula is C19H15F3N4O2. The van der Waals surface area contributed by atoms with E-state index >= 15 is 0 Å². The fourth-order valence-electron chi connectivity index (χ4n) is 2.46. The van der Waals surface area contributed by atoms with Crippen molar-refractivity contribution in [3.8, 4) is 23.3 Å². The first-order valence-electron chi connectivity index (χ1n) is 8.09. The fourth-order valence-corrected chi connectivity index (χ4v) is 2.46. The van der Waals surface area contributed by atoms with E-state index in [9.17, 15) is 23.1 Å². The lowest BCUT2D eigenvalue weighted by Gasteiger charge is -2.22. The molecule has 1 aromatic carbocycles. The van der Waals surface area contributed by atoms with Gasteiger partial charge in [0.25, 0.3) is 5.91 Å². The van der Waals surface area contributed by atoms with Gasteiger partial charge in [-0.3, -0.25) is 9.78 Å². The molecule has 0 spiro atoms. The van der Waals surface area contributed by atoms with Crippen molar-refractivity contribution in [1.82, 2.24) is 10.3 Å². The molecule has 1 heterocycles. The number of nitrogens with one attached hydrogen (secondary N) is 1. The Balaban J connectivity index is 2.15. The number of amides is 1. The average molecular weight is 388 g/mol. The summed E-state index contributed by atoms with van der Waals surface area (Å²) in [5.41, 5.74) is 1.92. The number of pyridine rings is 1. The minimum Gasteiger partial charge on any atom is -0.386 e. The summed E-state index contributed by atoms with van der Waals surface area (Å²) in [6, 6.07) is 11.5. The maximum Gasteiger partial charge on any atom is 0.315 e. The number of hydrogen-bond acceptors (Lipinski definition) is 5. The fraction of sp³-hybridized carbons (Fsp3) is 0.263. The molecule has 2 aromatic rings. The van der Waals surface area contributed by atoms with Crippen LogP contribution in [0, 0.1) is 22.7 Å². The number of aliphatic hydroxyl groups is 1. The largest absolute Gasteiger partial charge is 0.386 e. The van der Waals surface area contributed by atoms with E-state index in [1.807, 2.05) is 12.1 Å². The molecule has 0 aliphatic rings. The van der Waals surface area contributed by atoms with Crippen molar-refractivity contribution >= 4 is 5.91 Å². The molecule has 2 N–H and O–H groups in total. The monoisotopic (exact) mass is 388 g/mol. The van der Waals surface area contributed by atoms with Crippen LogP contribution >= 0.6 is 0 Å². The van der Waals surface area contributed by atoms with Gasteiger partial charge in [0.15, 0.2) is 5.92 Å². The number of aromatic nitrogens is 1. The molecule has 1 amide bonds. The first-order chi connectivity index (χ1) is 13.4. The Morgan fingerprint density at radius 2 is 1.71 bits per heavy atom. The predicted molar refractivity (Wildman–Crippen MR) is 92.5 cm³/mol. The molecule has 144 valence electrons. The lowest BCUT2D eigenvalue weighted by atomic mass is 9.99. The van der Waals surface area contributed by atoms with Crippen LogP contribution in [-0.2, 0) is 4.79 Å². The van der Waals surface area contributed by atoms with Gasteiger partial charge in [-0.05, 0) is 17.2 Å². The highest BCUT2D eigenvalue weighted by Crippen LogP contribution is 2.24. The first-order valence-corrected chi connectivity index (χ1v) is 8.09. The summed E-state index contributed by atoms with van der Waals surface area (Å²) < 4.78 is 37.6. The van der Waals surface area contributed by atoms with Gasteiger partial charge in [0.1, 0.15) is 12.8 Å². The third-order valence-corrected chi connectivity index (χ3v) is 4.00. The van der Waals surface area contributed by atoms with Crippen LogP contribution in [0.2, 0.25) is 0 Å². The summed E-state index contributed by atoms with van der Waals surface area (Å²) in [7, 11) is 0. The van der Waals surface area contributed by atoms with E-state index in [-0.39, 0.29) is 5.56 Å². The van der Waals surface area contributed by atoms with Gasteiger partial charge < -0.3 is 10.4 Å². The van der Waals surface area contributed by atoms with Gasteiger partial charge >= 0.3 is 6.43 Å². The number of alkyl halides is 3. The van der Waals surface area contributed by atoms with E-state index < -0.39 is 37.1 Å². The van der Waals surface area contributed by atoms with E-state index in [0.717, 1.165) is 0 Å². The Hall–Kier alpha value is -3.43. The van der Waals surface area contributed by atoms with Gasteiger partial charge in [-0.15, -0.1) is 0 Å². The van der Waals surface area contributed by atoms with E-state index in [0.29, 0.717) is 16.8 Å². The summed E-state index contributed by atoms with van der Waals surface area (Å²) in [4.78, 5) is 15.1. The molecule has 0 radical (unpaired) electrons. The van der Waals surface area contributed by atoms with Crippen molar-refractivity contribution in [2.45, 2.75) is 24.5 Å². The second-order valence-corrected chi connectivity index (χ2v) is 5.80. The van der Waals surface area contributed by atoms with E-state index in [2.05, 4.69) is 4.98 Å². The predicted octanol–water partition coefficient (Wildman–Crippen LogP) is 2.63. The maximum absolute atomic E-state index is 13.0. The molecule has 2 rings (SSSR count). The molecule has 0 fully saturated rings. The van der Waals surface area contributed by atoms with Crippen LogP contribution in [0.5, 0.6) is 0 Å². The molecule has 0 saturated carbocycles. The van der Waals surface area contributed by atoms with Crippen molar-refractivity contribution in [2.24, 2.45) is 0 Å². The van der Waals surface area contributed by atoms with Crippen molar-refractivity contribution < 1.29 is 23.1 Å². The Kier molecular flexibility index (Phi) is 7.08. The Morgan fingerprint density at radius 1 is 1.11 bits per heavy atom. The normalized spacial score (nSPS) is 12.9. The van der Waals surface area contributed by atoms with Crippen LogP contribution < -0.4 is 5.32 Å². The maximum atomic E-state index is 13.0. The van der Waals surface area contributed by atoms with Gasteiger partial charge in [-0.1, -0.05) is 30.3 Å². The molecule has 0 aliphatic heterocycles. The van der Waals surface area contributed by atoms with Crippen molar-refractivity contribution in [2.75, 3.05) is 6.67 Å². The standard InChI is InChI=1S/C19H15F3N4O2/c20-7-16(26-19(28)18(21)22)17(27)12-3-1-11(2-4-12)13-5-6-15(25-10-13)14(8-23)9-24/h1-6,10,14,16-18,27H,7H2,(H,26,28). The first kappa shape index (κ1) is 20.9. The minimum atomic E-state index is -3.30. The number of hydrogen-bond donors (Lipinski definition) is 2. The second-order valence-electron chi connectivity index (χ2n) is 5.80. The smallest absolute Gasteiger partial charge is 0.315 e. The molecule has 6 nitrogen and oxygen atoms in total. The molecule has 1 aromatic heterocycles. The summed E-state index contributed by atoms with van der Waals surface area (Å²) in [5, 5.41) is 29.6. The summed E-state index contributed by atoms with van der Waals surface area (Å²) >= 11 is 0. The van der Waals surface area contributed by atoms with Crippen molar-refractivity contribution in [1.29, 1.82) is 10.5 Å². The Labute approximate surface area is 158 Å². The molecule has 9 heteroatoms. The zero-order valence-electron chi connectivity index (χ0n) is 14.4. The molecule has 0 bridgehead atoms. The van der Waals surface area contributed by atoms with Crippen molar-refractivity contribution in [3.05, 3.63) is 53.9 Å². The van der Waals surface area contributed by atoms with Gasteiger partial charge in [0, 0.05) is 11.8 Å². The third-order valence-electron chi connectivity index (χ3n) is 4.00. The lowest BCUT2D eigenvalue weighted by Crippen LogP contribution is -2.43. The minimum absolute atomic E-state index is 0.236. The second kappa shape index (κ2) is 9.49. The number of aliphatic hydroxyl groups excluding tert-OH is 1. The molecule has 0 saturated heterocycles. The lowest BCUT2D eigenvalue weighted by molar-refractivity contribution is -0.133. The molecular weight excluding hydrogens is 373 g/mol. The van der Waals surface area contributed by atoms with Gasteiger partial charge in [-0.2, -0.15) is 19.3 Å². The van der Waals surface area contributed by atoms with Crippen LogP contribution in [0.4, 0.5) is 13.2 Å². The quantitative estimate of drug-likeness (QED) is 0.758. The Bertz CT molecular complexity index is 875. The van der Waals surface area contributed by atoms with Crippen LogP contribution in [0.15, 0.2) is 42.6 Å². The third kappa shape index (κ3) is 4.84. The Morgan fingerprint density at radius 3 is 2.18 bits per heavy atom.